The van der Waals surface area contributed by atoms with Crippen molar-refractivity contribution >= 4 is 11.6 Å². The summed E-state index contributed by atoms with van der Waals surface area (Å²) >= 11 is 4.98. The quantitative estimate of drug-likeness (QED) is 0.459. The van der Waals surface area contributed by atoms with E-state index in [2.05, 4.69) is 0 Å². The molecule has 0 saturated heterocycles. The predicted octanol–water partition coefficient (Wildman–Crippen LogP) is 3.64. The van der Waals surface area contributed by atoms with Crippen LogP contribution in [0.4, 0.5) is 22.0 Å². The van der Waals surface area contributed by atoms with Crippen LogP contribution in [-0.2, 0) is 6.18 Å². The van der Waals surface area contributed by atoms with E-state index in [4.69, 9.17) is 11.6 Å². The Morgan fingerprint density at radius 1 is 1.00 bits per heavy atom. The number of alkyl halides is 3. The minimum Gasteiger partial charge on any atom is -0.205 e. The second kappa shape index (κ2) is 3.14. The molecule has 6 heteroatoms. The molecule has 0 spiro atoms. The Hall–Kier alpha value is -0.840. The third-order valence-corrected chi connectivity index (χ3v) is 1.67. The lowest BCUT2D eigenvalue weighted by Crippen LogP contribution is -2.06. The number of halogens is 6. The van der Waals surface area contributed by atoms with Gasteiger partial charge in [-0.1, -0.05) is 11.6 Å². The SMILES string of the molecule is Fc1cc(C(F)(F)F)cc(F)c1Cl. The summed E-state index contributed by atoms with van der Waals surface area (Å²) in [5, 5.41) is -0.937. The van der Waals surface area contributed by atoms with Gasteiger partial charge in [-0.25, -0.2) is 8.78 Å². The highest BCUT2D eigenvalue weighted by molar-refractivity contribution is 6.30. The van der Waals surface area contributed by atoms with Gasteiger partial charge in [-0.2, -0.15) is 13.2 Å². The third kappa shape index (κ3) is 2.09. The van der Waals surface area contributed by atoms with E-state index >= 15 is 0 Å². The summed E-state index contributed by atoms with van der Waals surface area (Å²) in [5.41, 5.74) is -1.40. The van der Waals surface area contributed by atoms with Crippen LogP contribution in [0, 0.1) is 11.6 Å². The van der Waals surface area contributed by atoms with Gasteiger partial charge in [0.15, 0.2) is 0 Å². The van der Waals surface area contributed by atoms with Crippen molar-refractivity contribution in [1.29, 1.82) is 0 Å². The fraction of sp³-hybridized carbons (Fsp3) is 0.143. The molecule has 0 nitrogen and oxygen atoms in total. The molecule has 0 N–H and O–H groups in total. The van der Waals surface area contributed by atoms with Crippen LogP contribution in [0.5, 0.6) is 0 Å². The second-order valence-corrected chi connectivity index (χ2v) is 2.63. The maximum atomic E-state index is 12.5. The number of hydrogen-bond donors (Lipinski definition) is 0. The van der Waals surface area contributed by atoms with Gasteiger partial charge in [-0.05, 0) is 12.1 Å². The Kier molecular flexibility index (Phi) is 2.47. The fourth-order valence-electron chi connectivity index (χ4n) is 0.719. The topological polar surface area (TPSA) is 0 Å². The predicted molar refractivity (Wildman–Crippen MR) is 36.4 cm³/mol. The first-order chi connectivity index (χ1) is 5.82. The average Bonchev–Trinajstić information content (AvgIpc) is 1.97. The van der Waals surface area contributed by atoms with E-state index in [1.54, 1.807) is 0 Å². The molecule has 0 aliphatic rings. The Bertz CT molecular complexity index is 307. The number of benzene rings is 1. The summed E-state index contributed by atoms with van der Waals surface area (Å²) < 4.78 is 60.7. The molecule has 1 aromatic rings. The van der Waals surface area contributed by atoms with Crippen LogP contribution in [0.3, 0.4) is 0 Å². The van der Waals surface area contributed by atoms with Crippen molar-refractivity contribution in [1.82, 2.24) is 0 Å². The van der Waals surface area contributed by atoms with Gasteiger partial charge in [0.1, 0.15) is 16.7 Å². The van der Waals surface area contributed by atoms with Gasteiger partial charge in [-0.15, -0.1) is 0 Å². The van der Waals surface area contributed by atoms with Gasteiger partial charge < -0.3 is 0 Å². The van der Waals surface area contributed by atoms with E-state index in [1.807, 2.05) is 0 Å². The molecule has 0 bridgehead atoms. The zero-order valence-electron chi connectivity index (χ0n) is 5.92. The zero-order valence-corrected chi connectivity index (χ0v) is 6.68. The first kappa shape index (κ1) is 10.2. The van der Waals surface area contributed by atoms with E-state index in [-0.39, 0.29) is 12.1 Å². The maximum Gasteiger partial charge on any atom is 0.416 e. The summed E-state index contributed by atoms with van der Waals surface area (Å²) in [5.74, 6) is -2.84. The van der Waals surface area contributed by atoms with Crippen LogP contribution in [0.15, 0.2) is 12.1 Å². The van der Waals surface area contributed by atoms with Crippen molar-refractivity contribution < 1.29 is 22.0 Å². The molecular weight excluding hydrogens is 215 g/mol. The molecule has 0 atom stereocenters. The smallest absolute Gasteiger partial charge is 0.205 e. The van der Waals surface area contributed by atoms with Crippen LogP contribution >= 0.6 is 11.6 Å². The van der Waals surface area contributed by atoms with Gasteiger partial charge in [0.2, 0.25) is 0 Å². The highest BCUT2D eigenvalue weighted by atomic mass is 35.5. The molecule has 1 rings (SSSR count). The van der Waals surface area contributed by atoms with E-state index < -0.39 is 28.4 Å². The first-order valence-corrected chi connectivity index (χ1v) is 3.42. The maximum absolute atomic E-state index is 12.5. The van der Waals surface area contributed by atoms with Crippen molar-refractivity contribution in [3.63, 3.8) is 0 Å². The van der Waals surface area contributed by atoms with Crippen LogP contribution in [0.1, 0.15) is 5.56 Å². The van der Waals surface area contributed by atoms with E-state index in [1.165, 1.54) is 0 Å². The molecule has 1 aromatic carbocycles. The normalized spacial score (nSPS) is 11.8. The molecule has 0 saturated carbocycles. The molecule has 0 amide bonds. The largest absolute Gasteiger partial charge is 0.416 e. The van der Waals surface area contributed by atoms with Crippen LogP contribution in [0.2, 0.25) is 5.02 Å². The lowest BCUT2D eigenvalue weighted by atomic mass is 10.2. The fourth-order valence-corrected chi connectivity index (χ4v) is 0.828. The second-order valence-electron chi connectivity index (χ2n) is 2.25. The molecule has 0 heterocycles. The van der Waals surface area contributed by atoms with Gasteiger partial charge >= 0.3 is 6.18 Å². The van der Waals surface area contributed by atoms with E-state index in [0.717, 1.165) is 0 Å². The van der Waals surface area contributed by atoms with E-state index in [0.29, 0.717) is 0 Å². The van der Waals surface area contributed by atoms with Crippen LogP contribution in [0.25, 0.3) is 0 Å². The zero-order chi connectivity index (χ0) is 10.2. The molecule has 0 aromatic heterocycles. The summed E-state index contributed by atoms with van der Waals surface area (Å²) in [4.78, 5) is 0. The van der Waals surface area contributed by atoms with Gasteiger partial charge in [0.05, 0.1) is 5.56 Å². The lowest BCUT2D eigenvalue weighted by molar-refractivity contribution is -0.138. The number of rotatable bonds is 0. The van der Waals surface area contributed by atoms with Crippen molar-refractivity contribution in [2.24, 2.45) is 0 Å². The summed E-state index contributed by atoms with van der Waals surface area (Å²) in [6.07, 6.45) is -4.77. The molecular formula is C7H2ClF5. The first-order valence-electron chi connectivity index (χ1n) is 3.04. The average molecular weight is 217 g/mol. The summed E-state index contributed by atoms with van der Waals surface area (Å²) in [6, 6.07) is 0.289. The molecule has 13 heavy (non-hydrogen) atoms. The Morgan fingerprint density at radius 2 is 1.38 bits per heavy atom. The minimum atomic E-state index is -4.77. The van der Waals surface area contributed by atoms with Gasteiger partial charge in [0.25, 0.3) is 0 Å². The van der Waals surface area contributed by atoms with E-state index in [9.17, 15) is 22.0 Å². The molecule has 0 aliphatic heterocycles. The van der Waals surface area contributed by atoms with Gasteiger partial charge in [-0.3, -0.25) is 0 Å². The van der Waals surface area contributed by atoms with Crippen molar-refractivity contribution in [2.75, 3.05) is 0 Å². The lowest BCUT2D eigenvalue weighted by Gasteiger charge is -2.07. The Morgan fingerprint density at radius 3 is 1.69 bits per heavy atom. The Balaban J connectivity index is 3.29. The third-order valence-electron chi connectivity index (χ3n) is 1.31. The molecule has 0 radical (unpaired) electrons. The standard InChI is InChI=1S/C7H2ClF5/c8-6-4(9)1-3(2-5(6)10)7(11,12)13/h1-2H. The van der Waals surface area contributed by atoms with Crippen molar-refractivity contribution in [3.05, 3.63) is 34.4 Å². The van der Waals surface area contributed by atoms with Crippen LogP contribution < -0.4 is 0 Å². The minimum absolute atomic E-state index is 0.144. The number of hydrogen-bond acceptors (Lipinski definition) is 0. The highest BCUT2D eigenvalue weighted by Gasteiger charge is 2.32. The molecule has 0 aliphatic carbocycles. The van der Waals surface area contributed by atoms with Crippen molar-refractivity contribution in [3.8, 4) is 0 Å². The molecule has 72 valence electrons. The molecule has 0 unspecified atom stereocenters. The van der Waals surface area contributed by atoms with Crippen LogP contribution in [-0.4, -0.2) is 0 Å². The Labute approximate surface area is 74.9 Å². The van der Waals surface area contributed by atoms with Crippen molar-refractivity contribution in [2.45, 2.75) is 6.18 Å². The highest BCUT2D eigenvalue weighted by Crippen LogP contribution is 2.32. The molecule has 0 fully saturated rings. The monoisotopic (exact) mass is 216 g/mol. The van der Waals surface area contributed by atoms with Gasteiger partial charge in [0, 0.05) is 0 Å². The summed E-state index contributed by atoms with van der Waals surface area (Å²) in [7, 11) is 0. The summed E-state index contributed by atoms with van der Waals surface area (Å²) in [6.45, 7) is 0.